The van der Waals surface area contributed by atoms with E-state index in [0.29, 0.717) is 31.4 Å². The molecule has 1 aliphatic rings. The first kappa shape index (κ1) is 21.3. The van der Waals surface area contributed by atoms with Crippen molar-refractivity contribution in [2.75, 3.05) is 19.8 Å². The largest absolute Gasteiger partial charge is 0.461 e. The van der Waals surface area contributed by atoms with Crippen LogP contribution < -0.4 is 0 Å². The predicted molar refractivity (Wildman–Crippen MR) is 115 cm³/mol. The number of carbonyl (C=O) groups excluding carboxylic acids is 1. The van der Waals surface area contributed by atoms with E-state index >= 15 is 0 Å². The third kappa shape index (κ3) is 4.77. The van der Waals surface area contributed by atoms with Crippen molar-refractivity contribution in [3.05, 3.63) is 28.0 Å². The van der Waals surface area contributed by atoms with Crippen molar-refractivity contribution in [1.29, 1.82) is 0 Å². The number of esters is 1. The van der Waals surface area contributed by atoms with Crippen molar-refractivity contribution in [1.82, 2.24) is 9.55 Å². The fourth-order valence-corrected chi connectivity index (χ4v) is 4.90. The van der Waals surface area contributed by atoms with Crippen molar-refractivity contribution < 1.29 is 14.3 Å². The lowest BCUT2D eigenvalue weighted by Gasteiger charge is -2.22. The number of pyridine rings is 1. The third-order valence-electron chi connectivity index (χ3n) is 5.48. The lowest BCUT2D eigenvalue weighted by Crippen LogP contribution is -2.10. The van der Waals surface area contributed by atoms with Crippen LogP contribution in [0.2, 0.25) is 0 Å². The number of fused-ring (bicyclic) bond motifs is 1. The summed E-state index contributed by atoms with van der Waals surface area (Å²) in [6, 6.07) is 3.83. The van der Waals surface area contributed by atoms with Gasteiger partial charge in [0.25, 0.3) is 0 Å². The molecule has 154 valence electrons. The van der Waals surface area contributed by atoms with E-state index in [2.05, 4.69) is 32.4 Å². The van der Waals surface area contributed by atoms with Gasteiger partial charge in [0.2, 0.25) is 0 Å². The maximum atomic E-state index is 12.2. The van der Waals surface area contributed by atoms with E-state index in [4.69, 9.17) is 9.47 Å². The molecule has 2 aromatic heterocycles. The van der Waals surface area contributed by atoms with Crippen LogP contribution in [0.5, 0.6) is 0 Å². The summed E-state index contributed by atoms with van der Waals surface area (Å²) in [7, 11) is 0. The molecular weight excluding hydrogens is 420 g/mol. The molecule has 0 aliphatic heterocycles. The van der Waals surface area contributed by atoms with Crippen LogP contribution >= 0.6 is 15.9 Å². The van der Waals surface area contributed by atoms with Gasteiger partial charge in [0, 0.05) is 18.5 Å². The second kappa shape index (κ2) is 10.4. The first-order valence-corrected chi connectivity index (χ1v) is 11.4. The van der Waals surface area contributed by atoms with Crippen LogP contribution in [0, 0.1) is 0 Å². The number of hydrogen-bond donors (Lipinski definition) is 0. The Balaban J connectivity index is 1.95. The van der Waals surface area contributed by atoms with E-state index in [0.717, 1.165) is 35.1 Å². The Hall–Kier alpha value is -1.40. The van der Waals surface area contributed by atoms with Gasteiger partial charge >= 0.3 is 5.97 Å². The molecule has 0 radical (unpaired) electrons. The number of unbranched alkanes of at least 4 members (excludes halogenated alkanes) is 1. The number of carbonyl (C=O) groups is 1. The highest BCUT2D eigenvalue weighted by Gasteiger charge is 2.26. The fraction of sp³-hybridized carbons (Fsp3) is 0.636. The van der Waals surface area contributed by atoms with E-state index in [1.807, 2.05) is 13.0 Å². The van der Waals surface area contributed by atoms with Gasteiger partial charge < -0.3 is 14.0 Å². The first-order chi connectivity index (χ1) is 13.7. The van der Waals surface area contributed by atoms with Crippen LogP contribution in [0.15, 0.2) is 16.7 Å². The summed E-state index contributed by atoms with van der Waals surface area (Å²) >= 11 is 3.86. The molecule has 28 heavy (non-hydrogen) atoms. The molecule has 0 saturated heterocycles. The van der Waals surface area contributed by atoms with Crippen molar-refractivity contribution in [2.45, 2.75) is 71.3 Å². The summed E-state index contributed by atoms with van der Waals surface area (Å²) in [5.41, 5.74) is 2.55. The second-order valence-electron chi connectivity index (χ2n) is 7.45. The normalized spacial score (nSPS) is 15.2. The summed E-state index contributed by atoms with van der Waals surface area (Å²) in [5, 5.41) is 1.14. The Morgan fingerprint density at radius 2 is 2.00 bits per heavy atom. The average Bonchev–Trinajstić information content (AvgIpc) is 2.99. The number of halogens is 1. The molecule has 0 amide bonds. The summed E-state index contributed by atoms with van der Waals surface area (Å²) in [5.74, 6) is 0.176. The number of nitrogens with zero attached hydrogens (tertiary/aromatic N) is 2. The Bertz CT molecular complexity index is 797. The lowest BCUT2D eigenvalue weighted by molar-refractivity contribution is 0.0520. The minimum absolute atomic E-state index is 0.349. The Kier molecular flexibility index (Phi) is 7.91. The highest BCUT2D eigenvalue weighted by atomic mass is 79.9. The second-order valence-corrected chi connectivity index (χ2v) is 8.20. The van der Waals surface area contributed by atoms with Gasteiger partial charge in [0.05, 0.1) is 17.8 Å². The zero-order valence-electron chi connectivity index (χ0n) is 17.0. The standard InChI is InChI=1S/C22H31BrN2O3/c1-3-5-14-27-15-13-25-20(23)19(16-9-7-6-8-10-16)17-11-12-18(24-21(17)25)22(26)28-4-2/h11-12,16H,3-10,13-15H2,1-2H3. The van der Waals surface area contributed by atoms with Crippen molar-refractivity contribution in [3.63, 3.8) is 0 Å². The molecular formula is C22H31BrN2O3. The summed E-state index contributed by atoms with van der Waals surface area (Å²) in [4.78, 5) is 16.9. The molecule has 1 saturated carbocycles. The molecule has 1 fully saturated rings. The third-order valence-corrected chi connectivity index (χ3v) is 6.33. The maximum absolute atomic E-state index is 12.2. The molecule has 0 unspecified atom stereocenters. The maximum Gasteiger partial charge on any atom is 0.356 e. The fourth-order valence-electron chi connectivity index (χ4n) is 4.02. The zero-order chi connectivity index (χ0) is 19.9. The summed E-state index contributed by atoms with van der Waals surface area (Å²) in [6.45, 7) is 6.46. The smallest absolute Gasteiger partial charge is 0.356 e. The van der Waals surface area contributed by atoms with Gasteiger partial charge in [-0.05, 0) is 65.7 Å². The molecule has 2 aromatic rings. The summed E-state index contributed by atoms with van der Waals surface area (Å²) in [6.07, 6.45) is 8.51. The molecule has 5 nitrogen and oxygen atoms in total. The lowest BCUT2D eigenvalue weighted by atomic mass is 9.84. The molecule has 2 heterocycles. The number of rotatable bonds is 9. The van der Waals surface area contributed by atoms with Crippen LogP contribution in [0.3, 0.4) is 0 Å². The quantitative estimate of drug-likeness (QED) is 0.355. The SMILES string of the molecule is CCCCOCCn1c(Br)c(C2CCCCC2)c2ccc(C(=O)OCC)nc21. The van der Waals surface area contributed by atoms with Crippen molar-refractivity contribution in [2.24, 2.45) is 0 Å². The molecule has 3 rings (SSSR count). The van der Waals surface area contributed by atoms with Gasteiger partial charge in [0.1, 0.15) is 5.65 Å². The van der Waals surface area contributed by atoms with E-state index in [1.165, 1.54) is 37.7 Å². The average molecular weight is 451 g/mol. The van der Waals surface area contributed by atoms with Crippen LogP contribution in [0.1, 0.15) is 80.8 Å². The predicted octanol–water partition coefficient (Wildman–Crippen LogP) is 5.84. The highest BCUT2D eigenvalue weighted by molar-refractivity contribution is 9.10. The van der Waals surface area contributed by atoms with Crippen LogP contribution in [-0.4, -0.2) is 35.3 Å². The van der Waals surface area contributed by atoms with Gasteiger partial charge in [-0.3, -0.25) is 0 Å². The zero-order valence-corrected chi connectivity index (χ0v) is 18.6. The molecule has 0 aromatic carbocycles. The highest BCUT2D eigenvalue weighted by Crippen LogP contribution is 2.41. The first-order valence-electron chi connectivity index (χ1n) is 10.6. The molecule has 6 heteroatoms. The van der Waals surface area contributed by atoms with E-state index < -0.39 is 0 Å². The summed E-state index contributed by atoms with van der Waals surface area (Å²) < 4.78 is 14.2. The number of aromatic nitrogens is 2. The molecule has 0 N–H and O–H groups in total. The number of ether oxygens (including phenoxy) is 2. The number of hydrogen-bond acceptors (Lipinski definition) is 4. The van der Waals surface area contributed by atoms with E-state index in [-0.39, 0.29) is 5.97 Å². The van der Waals surface area contributed by atoms with Gasteiger partial charge in [-0.2, -0.15) is 0 Å². The topological polar surface area (TPSA) is 53.4 Å². The Morgan fingerprint density at radius 3 is 2.71 bits per heavy atom. The minimum atomic E-state index is -0.369. The van der Waals surface area contributed by atoms with Gasteiger partial charge in [-0.15, -0.1) is 0 Å². The Labute approximate surface area is 175 Å². The molecule has 0 spiro atoms. The van der Waals surface area contributed by atoms with E-state index in [1.54, 1.807) is 6.07 Å². The van der Waals surface area contributed by atoms with Crippen LogP contribution in [0.25, 0.3) is 11.0 Å². The van der Waals surface area contributed by atoms with Crippen LogP contribution in [-0.2, 0) is 16.0 Å². The molecule has 0 atom stereocenters. The minimum Gasteiger partial charge on any atom is -0.461 e. The molecule has 0 bridgehead atoms. The Morgan fingerprint density at radius 1 is 1.21 bits per heavy atom. The van der Waals surface area contributed by atoms with Gasteiger partial charge in [0.15, 0.2) is 5.69 Å². The van der Waals surface area contributed by atoms with Gasteiger partial charge in [-0.1, -0.05) is 32.6 Å². The monoisotopic (exact) mass is 450 g/mol. The van der Waals surface area contributed by atoms with Crippen LogP contribution in [0.4, 0.5) is 0 Å². The van der Waals surface area contributed by atoms with E-state index in [9.17, 15) is 4.79 Å². The molecule has 1 aliphatic carbocycles. The van der Waals surface area contributed by atoms with Crippen molar-refractivity contribution >= 4 is 32.9 Å². The van der Waals surface area contributed by atoms with Gasteiger partial charge in [-0.25, -0.2) is 9.78 Å². The van der Waals surface area contributed by atoms with Crippen molar-refractivity contribution in [3.8, 4) is 0 Å².